The Morgan fingerprint density at radius 3 is 2.79 bits per heavy atom. The molecule has 2 aromatic heterocycles. The fraction of sp³-hybridized carbons (Fsp3) is 0.130. The third kappa shape index (κ3) is 3.65. The van der Waals surface area contributed by atoms with Crippen molar-refractivity contribution in [2.45, 2.75) is 6.92 Å². The van der Waals surface area contributed by atoms with Crippen LogP contribution in [0.3, 0.4) is 0 Å². The number of carbonyl (C=O) groups is 2. The molecule has 4 aromatic rings. The molecule has 1 aliphatic heterocycles. The maximum atomic E-state index is 14.5. The average Bonchev–Trinajstić information content (AvgIpc) is 3.47. The van der Waals surface area contributed by atoms with E-state index in [9.17, 15) is 18.8 Å². The molecule has 0 aliphatic carbocycles. The molecule has 0 saturated carbocycles. The average molecular weight is 481 g/mol. The second-order valence-corrected chi connectivity index (χ2v) is 7.99. The van der Waals surface area contributed by atoms with Crippen molar-refractivity contribution in [2.75, 3.05) is 18.7 Å². The number of carbonyl (C=O) groups excluding carboxylic acids is 2. The van der Waals surface area contributed by atoms with Crippen molar-refractivity contribution in [1.82, 2.24) is 9.78 Å². The van der Waals surface area contributed by atoms with Crippen molar-refractivity contribution in [1.29, 1.82) is 0 Å². The van der Waals surface area contributed by atoms with Gasteiger partial charge in [-0.3, -0.25) is 9.59 Å². The molecule has 172 valence electrons. The first-order chi connectivity index (χ1) is 16.5. The first kappa shape index (κ1) is 21.6. The number of esters is 1. The van der Waals surface area contributed by atoms with Crippen molar-refractivity contribution >= 4 is 39.0 Å². The Kier molecular flexibility index (Phi) is 5.46. The van der Waals surface area contributed by atoms with Gasteiger partial charge in [-0.25, -0.2) is 9.18 Å². The molecular weight excluding hydrogens is 465 g/mol. The first-order valence-corrected chi connectivity index (χ1v) is 11.0. The molecule has 0 radical (unpaired) electrons. The number of para-hydroxylation sites is 1. The highest BCUT2D eigenvalue weighted by atomic mass is 32.1. The molecular formula is C23H16FN3O6S. The van der Waals surface area contributed by atoms with E-state index in [0.29, 0.717) is 11.5 Å². The van der Waals surface area contributed by atoms with Crippen molar-refractivity contribution in [3.8, 4) is 17.2 Å². The van der Waals surface area contributed by atoms with Crippen LogP contribution < -0.4 is 20.3 Å². The van der Waals surface area contributed by atoms with E-state index < -0.39 is 23.3 Å². The first-order valence-electron chi connectivity index (χ1n) is 10.2. The Morgan fingerprint density at radius 2 is 2.00 bits per heavy atom. The highest BCUT2D eigenvalue weighted by molar-refractivity contribution is 7.16. The lowest BCUT2D eigenvalue weighted by Gasteiger charge is -2.10. The van der Waals surface area contributed by atoms with E-state index in [0.717, 1.165) is 16.0 Å². The molecule has 0 saturated heterocycles. The fourth-order valence-corrected chi connectivity index (χ4v) is 4.42. The van der Waals surface area contributed by atoms with Crippen molar-refractivity contribution in [3.63, 3.8) is 0 Å². The molecule has 0 fully saturated rings. The topological polar surface area (TPSA) is 109 Å². The van der Waals surface area contributed by atoms with Gasteiger partial charge in [0.1, 0.15) is 16.5 Å². The molecule has 0 spiro atoms. The smallest absolute Gasteiger partial charge is 0.359 e. The molecule has 5 rings (SSSR count). The summed E-state index contributed by atoms with van der Waals surface area (Å²) in [5.41, 5.74) is -0.728. The van der Waals surface area contributed by atoms with Crippen LogP contribution in [0.25, 0.3) is 16.5 Å². The van der Waals surface area contributed by atoms with Gasteiger partial charge in [0.2, 0.25) is 6.79 Å². The predicted molar refractivity (Wildman–Crippen MR) is 122 cm³/mol. The summed E-state index contributed by atoms with van der Waals surface area (Å²) in [7, 11) is 0. The number of rotatable bonds is 5. The second-order valence-electron chi connectivity index (χ2n) is 7.11. The van der Waals surface area contributed by atoms with Crippen LogP contribution >= 0.6 is 11.3 Å². The monoisotopic (exact) mass is 481 g/mol. The van der Waals surface area contributed by atoms with Crippen LogP contribution in [0.4, 0.5) is 9.39 Å². The summed E-state index contributed by atoms with van der Waals surface area (Å²) in [6.45, 7) is 1.78. The number of fused-ring (bicyclic) bond motifs is 2. The van der Waals surface area contributed by atoms with E-state index in [1.54, 1.807) is 19.1 Å². The van der Waals surface area contributed by atoms with Crippen LogP contribution in [-0.2, 0) is 4.74 Å². The summed E-state index contributed by atoms with van der Waals surface area (Å²) in [6, 6.07) is 10.2. The highest BCUT2D eigenvalue weighted by Gasteiger charge is 2.24. The van der Waals surface area contributed by atoms with Crippen LogP contribution in [0.1, 0.15) is 27.8 Å². The molecule has 0 atom stereocenters. The molecule has 9 nitrogen and oxygen atoms in total. The van der Waals surface area contributed by atoms with Gasteiger partial charge in [0, 0.05) is 16.3 Å². The highest BCUT2D eigenvalue weighted by Crippen LogP contribution is 2.34. The van der Waals surface area contributed by atoms with Gasteiger partial charge in [0.15, 0.2) is 17.2 Å². The minimum atomic E-state index is -0.774. The summed E-state index contributed by atoms with van der Waals surface area (Å²) in [5.74, 6) is -1.03. The zero-order chi connectivity index (χ0) is 23.8. The Hall–Kier alpha value is -4.25. The molecule has 1 amide bonds. The summed E-state index contributed by atoms with van der Waals surface area (Å²) in [4.78, 5) is 38.9. The van der Waals surface area contributed by atoms with Crippen LogP contribution in [0, 0.1) is 5.82 Å². The van der Waals surface area contributed by atoms with Gasteiger partial charge in [-0.2, -0.15) is 9.78 Å². The van der Waals surface area contributed by atoms with Crippen LogP contribution in [0.5, 0.6) is 11.5 Å². The van der Waals surface area contributed by atoms with Crippen LogP contribution in [0.2, 0.25) is 0 Å². The van der Waals surface area contributed by atoms with Crippen LogP contribution in [-0.4, -0.2) is 35.1 Å². The Balaban J connectivity index is 1.63. The van der Waals surface area contributed by atoms with Gasteiger partial charge in [-0.1, -0.05) is 12.1 Å². The fourth-order valence-electron chi connectivity index (χ4n) is 3.49. The number of hydrogen-bond donors (Lipinski definition) is 1. The van der Waals surface area contributed by atoms with Crippen molar-refractivity contribution in [2.24, 2.45) is 0 Å². The Bertz CT molecular complexity index is 1510. The van der Waals surface area contributed by atoms with Crippen molar-refractivity contribution in [3.05, 3.63) is 75.3 Å². The molecule has 0 bridgehead atoms. The van der Waals surface area contributed by atoms with Gasteiger partial charge in [0.25, 0.3) is 11.5 Å². The maximum absolute atomic E-state index is 14.5. The third-order valence-electron chi connectivity index (χ3n) is 5.06. The van der Waals surface area contributed by atoms with E-state index in [-0.39, 0.29) is 46.1 Å². The Morgan fingerprint density at radius 1 is 1.21 bits per heavy atom. The largest absolute Gasteiger partial charge is 0.461 e. The molecule has 2 aromatic carbocycles. The number of nitrogens with one attached hydrogen (secondary N) is 1. The molecule has 11 heteroatoms. The summed E-state index contributed by atoms with van der Waals surface area (Å²) in [5, 5.41) is 8.71. The predicted octanol–water partition coefficient (Wildman–Crippen LogP) is 3.74. The normalized spacial score (nSPS) is 12.1. The minimum Gasteiger partial charge on any atom is -0.461 e. The number of hydrogen-bond acceptors (Lipinski definition) is 8. The lowest BCUT2D eigenvalue weighted by Crippen LogP contribution is -2.26. The number of anilines is 1. The maximum Gasteiger partial charge on any atom is 0.359 e. The summed E-state index contributed by atoms with van der Waals surface area (Å²) < 4.78 is 30.9. The molecule has 0 unspecified atom stereocenters. The van der Waals surface area contributed by atoms with Gasteiger partial charge >= 0.3 is 5.97 Å². The molecule has 1 N–H and O–H groups in total. The molecule has 34 heavy (non-hydrogen) atoms. The number of thiophene rings is 1. The van der Waals surface area contributed by atoms with Gasteiger partial charge < -0.3 is 19.5 Å². The summed E-state index contributed by atoms with van der Waals surface area (Å²) >= 11 is 1.04. The number of benzene rings is 2. The Labute approximate surface area is 195 Å². The zero-order valence-corrected chi connectivity index (χ0v) is 18.5. The SMILES string of the molecule is CCOC(=O)c1nn(-c2ccccc2F)c(=O)c2c(NC(=O)c3ccc4c(c3)OCO4)scc12. The minimum absolute atomic E-state index is 0.0143. The quantitative estimate of drug-likeness (QED) is 0.433. The third-order valence-corrected chi connectivity index (χ3v) is 5.96. The van der Waals surface area contributed by atoms with Crippen molar-refractivity contribution < 1.29 is 28.2 Å². The number of halogens is 1. The molecule has 3 heterocycles. The number of nitrogens with zero attached hydrogens (tertiary/aromatic N) is 2. The second kappa shape index (κ2) is 8.60. The van der Waals surface area contributed by atoms with E-state index in [1.807, 2.05) is 0 Å². The lowest BCUT2D eigenvalue weighted by molar-refractivity contribution is 0.0519. The standard InChI is InChI=1S/C23H16FN3O6S/c1-2-31-23(30)19-13-10-34-21(25-20(28)12-7-8-16-17(9-12)33-11-32-16)18(13)22(29)27(26-19)15-6-4-3-5-14(15)24/h3-10H,2,11H2,1H3,(H,25,28). The number of amides is 1. The summed E-state index contributed by atoms with van der Waals surface area (Å²) in [6.07, 6.45) is 0. The van der Waals surface area contributed by atoms with Gasteiger partial charge in [0.05, 0.1) is 12.0 Å². The van der Waals surface area contributed by atoms with E-state index in [4.69, 9.17) is 14.2 Å². The van der Waals surface area contributed by atoms with Gasteiger partial charge in [-0.15, -0.1) is 11.3 Å². The zero-order valence-electron chi connectivity index (χ0n) is 17.7. The number of ether oxygens (including phenoxy) is 3. The van der Waals surface area contributed by atoms with E-state index in [2.05, 4.69) is 10.4 Å². The van der Waals surface area contributed by atoms with E-state index >= 15 is 0 Å². The van der Waals surface area contributed by atoms with Gasteiger partial charge in [-0.05, 0) is 37.3 Å². The van der Waals surface area contributed by atoms with Crippen LogP contribution in [0.15, 0.2) is 52.6 Å². The van der Waals surface area contributed by atoms with E-state index in [1.165, 1.54) is 35.7 Å². The number of aromatic nitrogens is 2. The lowest BCUT2D eigenvalue weighted by atomic mass is 10.2. The molecule has 1 aliphatic rings.